The van der Waals surface area contributed by atoms with Crippen molar-refractivity contribution in [2.24, 2.45) is 0 Å². The normalized spacial score (nSPS) is 14.9. The molecule has 4 nitrogen and oxygen atoms in total. The summed E-state index contributed by atoms with van der Waals surface area (Å²) in [6, 6.07) is 4.99. The SMILES string of the molecule is Cc1ccc(C(=O)NCCC2=CCNCC2)cc1O. The molecule has 1 aromatic carbocycles. The van der Waals surface area contributed by atoms with Crippen LogP contribution in [0.15, 0.2) is 29.8 Å². The minimum Gasteiger partial charge on any atom is -0.508 e. The van der Waals surface area contributed by atoms with Crippen LogP contribution in [0.5, 0.6) is 5.75 Å². The molecule has 1 aliphatic rings. The summed E-state index contributed by atoms with van der Waals surface area (Å²) < 4.78 is 0. The third-order valence-electron chi connectivity index (χ3n) is 3.36. The Hall–Kier alpha value is -1.81. The molecule has 0 fully saturated rings. The molecule has 0 unspecified atom stereocenters. The molecule has 3 N–H and O–H groups in total. The van der Waals surface area contributed by atoms with E-state index in [-0.39, 0.29) is 11.7 Å². The Morgan fingerprint density at radius 3 is 3.00 bits per heavy atom. The fourth-order valence-electron chi connectivity index (χ4n) is 2.09. The molecule has 1 amide bonds. The van der Waals surface area contributed by atoms with Crippen LogP contribution in [0.3, 0.4) is 0 Å². The van der Waals surface area contributed by atoms with E-state index in [1.165, 1.54) is 11.6 Å². The summed E-state index contributed by atoms with van der Waals surface area (Å²) in [5, 5.41) is 15.7. The van der Waals surface area contributed by atoms with Crippen molar-refractivity contribution in [2.45, 2.75) is 19.8 Å². The largest absolute Gasteiger partial charge is 0.508 e. The van der Waals surface area contributed by atoms with Crippen LogP contribution in [0, 0.1) is 6.92 Å². The lowest BCUT2D eigenvalue weighted by Gasteiger charge is -2.14. The van der Waals surface area contributed by atoms with Gasteiger partial charge in [-0.3, -0.25) is 4.79 Å². The van der Waals surface area contributed by atoms with Crippen molar-refractivity contribution in [3.63, 3.8) is 0 Å². The van der Waals surface area contributed by atoms with Gasteiger partial charge in [0, 0.05) is 18.7 Å². The molecule has 1 heterocycles. The fraction of sp³-hybridized carbons (Fsp3) is 0.400. The lowest BCUT2D eigenvalue weighted by atomic mass is 10.1. The van der Waals surface area contributed by atoms with Crippen molar-refractivity contribution in [1.29, 1.82) is 0 Å². The number of hydrogen-bond donors (Lipinski definition) is 3. The molecule has 0 aliphatic carbocycles. The van der Waals surface area contributed by atoms with Gasteiger partial charge in [-0.25, -0.2) is 0 Å². The fourth-order valence-corrected chi connectivity index (χ4v) is 2.09. The summed E-state index contributed by atoms with van der Waals surface area (Å²) >= 11 is 0. The van der Waals surface area contributed by atoms with Crippen LogP contribution in [-0.2, 0) is 0 Å². The van der Waals surface area contributed by atoms with Gasteiger partial charge in [-0.05, 0) is 44.0 Å². The van der Waals surface area contributed by atoms with Gasteiger partial charge in [0.25, 0.3) is 5.91 Å². The Bertz CT molecular complexity index is 495. The minimum absolute atomic E-state index is 0.134. The number of hydrogen-bond acceptors (Lipinski definition) is 3. The van der Waals surface area contributed by atoms with Crippen molar-refractivity contribution in [1.82, 2.24) is 10.6 Å². The number of carbonyl (C=O) groups excluding carboxylic acids is 1. The van der Waals surface area contributed by atoms with Crippen LogP contribution < -0.4 is 10.6 Å². The van der Waals surface area contributed by atoms with Crippen molar-refractivity contribution in [2.75, 3.05) is 19.6 Å². The van der Waals surface area contributed by atoms with Gasteiger partial charge in [0.2, 0.25) is 0 Å². The standard InChI is InChI=1S/C15H20N2O2/c1-11-2-3-13(10-14(11)18)15(19)17-9-6-12-4-7-16-8-5-12/h2-4,10,16,18H,5-9H2,1H3,(H,17,19). The first kappa shape index (κ1) is 13.6. The van der Waals surface area contributed by atoms with Crippen LogP contribution in [0.25, 0.3) is 0 Å². The van der Waals surface area contributed by atoms with Gasteiger partial charge in [-0.15, -0.1) is 0 Å². The highest BCUT2D eigenvalue weighted by Gasteiger charge is 2.08. The molecule has 1 aromatic rings. The van der Waals surface area contributed by atoms with E-state index >= 15 is 0 Å². The first-order valence-corrected chi connectivity index (χ1v) is 6.63. The Morgan fingerprint density at radius 1 is 1.47 bits per heavy atom. The summed E-state index contributed by atoms with van der Waals surface area (Å²) in [4.78, 5) is 11.9. The van der Waals surface area contributed by atoms with Crippen molar-refractivity contribution >= 4 is 5.91 Å². The molecule has 0 bridgehead atoms. The summed E-state index contributed by atoms with van der Waals surface area (Å²) in [5.41, 5.74) is 2.67. The monoisotopic (exact) mass is 260 g/mol. The summed E-state index contributed by atoms with van der Waals surface area (Å²) in [7, 11) is 0. The number of carbonyl (C=O) groups is 1. The summed E-state index contributed by atoms with van der Waals surface area (Å²) in [6.45, 7) is 4.39. The van der Waals surface area contributed by atoms with Gasteiger partial charge >= 0.3 is 0 Å². The van der Waals surface area contributed by atoms with Gasteiger partial charge < -0.3 is 15.7 Å². The molecule has 102 valence electrons. The molecule has 0 spiro atoms. The Kier molecular flexibility index (Phi) is 4.58. The van der Waals surface area contributed by atoms with E-state index in [0.29, 0.717) is 12.1 Å². The molecule has 0 saturated carbocycles. The third-order valence-corrected chi connectivity index (χ3v) is 3.36. The van der Waals surface area contributed by atoms with E-state index in [9.17, 15) is 9.90 Å². The zero-order valence-electron chi connectivity index (χ0n) is 11.2. The van der Waals surface area contributed by atoms with E-state index in [1.807, 2.05) is 0 Å². The van der Waals surface area contributed by atoms with Crippen LogP contribution in [0.4, 0.5) is 0 Å². The molecular weight excluding hydrogens is 240 g/mol. The molecule has 19 heavy (non-hydrogen) atoms. The molecule has 1 aliphatic heterocycles. The molecule has 0 aromatic heterocycles. The lowest BCUT2D eigenvalue weighted by molar-refractivity contribution is 0.0953. The quantitative estimate of drug-likeness (QED) is 0.723. The zero-order valence-corrected chi connectivity index (χ0v) is 11.2. The smallest absolute Gasteiger partial charge is 0.251 e. The van der Waals surface area contributed by atoms with Crippen molar-refractivity contribution < 1.29 is 9.90 Å². The second kappa shape index (κ2) is 6.38. The second-order valence-corrected chi connectivity index (χ2v) is 4.82. The second-order valence-electron chi connectivity index (χ2n) is 4.82. The topological polar surface area (TPSA) is 61.4 Å². The number of phenols is 1. The van der Waals surface area contributed by atoms with E-state index in [4.69, 9.17) is 0 Å². The summed E-state index contributed by atoms with van der Waals surface area (Å²) in [6.07, 6.45) is 4.14. The van der Waals surface area contributed by atoms with E-state index in [0.717, 1.165) is 31.5 Å². The Labute approximate surface area is 113 Å². The zero-order chi connectivity index (χ0) is 13.7. The molecular formula is C15H20N2O2. The van der Waals surface area contributed by atoms with Gasteiger partial charge in [-0.2, -0.15) is 0 Å². The van der Waals surface area contributed by atoms with Crippen LogP contribution in [0.1, 0.15) is 28.8 Å². The predicted octanol–water partition coefficient (Wildman–Crippen LogP) is 1.74. The van der Waals surface area contributed by atoms with Crippen molar-refractivity contribution in [3.8, 4) is 5.75 Å². The maximum Gasteiger partial charge on any atom is 0.251 e. The number of amides is 1. The maximum absolute atomic E-state index is 11.9. The number of aromatic hydroxyl groups is 1. The molecule has 0 atom stereocenters. The first-order chi connectivity index (χ1) is 9.16. The highest BCUT2D eigenvalue weighted by Crippen LogP contribution is 2.17. The van der Waals surface area contributed by atoms with Crippen LogP contribution in [0.2, 0.25) is 0 Å². The van der Waals surface area contributed by atoms with Gasteiger partial charge in [0.1, 0.15) is 5.75 Å². The third kappa shape index (κ3) is 3.83. The lowest BCUT2D eigenvalue weighted by Crippen LogP contribution is -2.26. The van der Waals surface area contributed by atoms with Crippen molar-refractivity contribution in [3.05, 3.63) is 41.0 Å². The molecule has 0 saturated heterocycles. The van der Waals surface area contributed by atoms with E-state index in [1.54, 1.807) is 19.1 Å². The first-order valence-electron chi connectivity index (χ1n) is 6.63. The average molecular weight is 260 g/mol. The number of phenolic OH excluding ortho intramolecular Hbond substituents is 1. The van der Waals surface area contributed by atoms with Gasteiger partial charge in [0.15, 0.2) is 0 Å². The Morgan fingerprint density at radius 2 is 2.32 bits per heavy atom. The average Bonchev–Trinajstić information content (AvgIpc) is 2.43. The molecule has 0 radical (unpaired) electrons. The van der Waals surface area contributed by atoms with Gasteiger partial charge in [-0.1, -0.05) is 17.7 Å². The van der Waals surface area contributed by atoms with E-state index < -0.39 is 0 Å². The minimum atomic E-state index is -0.134. The number of benzene rings is 1. The van der Waals surface area contributed by atoms with Crippen LogP contribution >= 0.6 is 0 Å². The van der Waals surface area contributed by atoms with Gasteiger partial charge in [0.05, 0.1) is 0 Å². The predicted molar refractivity (Wildman–Crippen MR) is 75.4 cm³/mol. The number of rotatable bonds is 4. The maximum atomic E-state index is 11.9. The Balaban J connectivity index is 1.83. The highest BCUT2D eigenvalue weighted by molar-refractivity contribution is 5.94. The van der Waals surface area contributed by atoms with E-state index in [2.05, 4.69) is 16.7 Å². The molecule has 4 heteroatoms. The number of aryl methyl sites for hydroxylation is 1. The molecule has 2 rings (SSSR count). The highest BCUT2D eigenvalue weighted by atomic mass is 16.3. The number of nitrogens with one attached hydrogen (secondary N) is 2. The van der Waals surface area contributed by atoms with Crippen LogP contribution in [-0.4, -0.2) is 30.6 Å². The summed E-state index contributed by atoms with van der Waals surface area (Å²) in [5.74, 6) is 0.0264.